The summed E-state index contributed by atoms with van der Waals surface area (Å²) in [6.45, 7) is 1.77. The minimum absolute atomic E-state index is 0.0447. The van der Waals surface area contributed by atoms with E-state index in [4.69, 9.17) is 17.3 Å². The minimum atomic E-state index is -0.0447. The zero-order valence-corrected chi connectivity index (χ0v) is 6.40. The molecule has 1 heterocycles. The van der Waals surface area contributed by atoms with Crippen molar-refractivity contribution in [3.05, 3.63) is 22.2 Å². The topological polar surface area (TPSA) is 48.9 Å². The predicted octanol–water partition coefficient (Wildman–Crippen LogP) is 0.940. The van der Waals surface area contributed by atoms with Gasteiger partial charge in [-0.05, 0) is 6.92 Å². The lowest BCUT2D eigenvalue weighted by atomic mass is 10.4. The Morgan fingerprint density at radius 3 is 3.00 bits per heavy atom. The molecule has 0 saturated carbocycles. The molecule has 0 bridgehead atoms. The summed E-state index contributed by atoms with van der Waals surface area (Å²) in [6.07, 6.45) is 1.57. The molecule has 0 fully saturated rings. The van der Waals surface area contributed by atoms with Gasteiger partial charge in [-0.1, -0.05) is 12.2 Å². The molecular weight excluding hydrogens is 148 g/mol. The van der Waals surface area contributed by atoms with Crippen LogP contribution in [0.3, 0.4) is 0 Å². The van der Waals surface area contributed by atoms with Gasteiger partial charge in [-0.3, -0.25) is 4.98 Å². The summed E-state index contributed by atoms with van der Waals surface area (Å²) in [6, 6.07) is 0. The molecular formula is C6H8N2OS. The van der Waals surface area contributed by atoms with Crippen LogP contribution in [0.1, 0.15) is 11.4 Å². The number of aliphatic hydroxyl groups is 1. The lowest BCUT2D eigenvalue weighted by Gasteiger charge is -1.95. The minimum Gasteiger partial charge on any atom is -0.390 e. The van der Waals surface area contributed by atoms with Crippen molar-refractivity contribution in [2.75, 3.05) is 0 Å². The number of H-pyrrole nitrogens is 1. The van der Waals surface area contributed by atoms with E-state index in [1.165, 1.54) is 0 Å². The Balaban J connectivity index is 3.17. The molecule has 1 aromatic rings. The van der Waals surface area contributed by atoms with Crippen molar-refractivity contribution in [1.82, 2.24) is 9.97 Å². The summed E-state index contributed by atoms with van der Waals surface area (Å²) >= 11 is 4.88. The Kier molecular flexibility index (Phi) is 2.13. The number of aliphatic hydroxyl groups excluding tert-OH is 1. The first kappa shape index (κ1) is 7.37. The number of hydrogen-bond acceptors (Lipinski definition) is 3. The first-order valence-electron chi connectivity index (χ1n) is 2.89. The Labute approximate surface area is 63.8 Å². The van der Waals surface area contributed by atoms with Gasteiger partial charge in [0.1, 0.15) is 4.64 Å². The molecule has 0 radical (unpaired) electrons. The lowest BCUT2D eigenvalue weighted by molar-refractivity contribution is 0.276. The molecule has 54 valence electrons. The van der Waals surface area contributed by atoms with Gasteiger partial charge in [-0.25, -0.2) is 0 Å². The number of hydrogen-bond donors (Lipinski definition) is 2. The molecule has 0 amide bonds. The fraction of sp³-hybridized carbons (Fsp3) is 0.333. The van der Waals surface area contributed by atoms with Crippen LogP contribution >= 0.6 is 12.2 Å². The Morgan fingerprint density at radius 2 is 2.50 bits per heavy atom. The summed E-state index contributed by atoms with van der Waals surface area (Å²) in [5.74, 6) is 0. The van der Waals surface area contributed by atoms with Gasteiger partial charge in [-0.15, -0.1) is 0 Å². The van der Waals surface area contributed by atoms with Gasteiger partial charge in [-0.2, -0.15) is 0 Å². The number of nitrogens with zero attached hydrogens (tertiary/aromatic N) is 1. The van der Waals surface area contributed by atoms with Crippen molar-refractivity contribution in [2.45, 2.75) is 13.5 Å². The van der Waals surface area contributed by atoms with Crippen LogP contribution in [0.5, 0.6) is 0 Å². The highest BCUT2D eigenvalue weighted by Gasteiger charge is 1.91. The molecule has 0 unspecified atom stereocenters. The van der Waals surface area contributed by atoms with Gasteiger partial charge in [0.05, 0.1) is 18.0 Å². The van der Waals surface area contributed by atoms with Crippen molar-refractivity contribution in [3.8, 4) is 0 Å². The Hall–Kier alpha value is -0.740. The average Bonchev–Trinajstić information content (AvgIpc) is 1.95. The first-order valence-corrected chi connectivity index (χ1v) is 3.30. The largest absolute Gasteiger partial charge is 0.390 e. The van der Waals surface area contributed by atoms with E-state index in [0.717, 1.165) is 5.69 Å². The summed E-state index contributed by atoms with van der Waals surface area (Å²) in [4.78, 5) is 6.78. The molecule has 0 spiro atoms. The quantitative estimate of drug-likeness (QED) is 0.595. The van der Waals surface area contributed by atoms with Crippen molar-refractivity contribution in [2.24, 2.45) is 0 Å². The van der Waals surface area contributed by atoms with Gasteiger partial charge < -0.3 is 10.1 Å². The van der Waals surface area contributed by atoms with E-state index in [-0.39, 0.29) is 6.61 Å². The first-order chi connectivity index (χ1) is 4.74. The van der Waals surface area contributed by atoms with E-state index in [2.05, 4.69) is 9.97 Å². The SMILES string of the molecule is Cc1ncc(CO)[nH]c1=S. The molecule has 10 heavy (non-hydrogen) atoms. The average molecular weight is 156 g/mol. The molecule has 0 saturated heterocycles. The van der Waals surface area contributed by atoms with E-state index < -0.39 is 0 Å². The van der Waals surface area contributed by atoms with Crippen LogP contribution in [0.2, 0.25) is 0 Å². The Bertz CT molecular complexity index is 281. The third-order valence-corrected chi connectivity index (χ3v) is 1.58. The molecule has 0 atom stereocenters. The molecule has 0 aliphatic rings. The predicted molar refractivity (Wildman–Crippen MR) is 40.1 cm³/mol. The van der Waals surface area contributed by atoms with Crippen LogP contribution in [-0.2, 0) is 6.61 Å². The van der Waals surface area contributed by atoms with Gasteiger partial charge >= 0.3 is 0 Å². The molecule has 2 N–H and O–H groups in total. The smallest absolute Gasteiger partial charge is 0.125 e. The van der Waals surface area contributed by atoms with Crippen LogP contribution in [0, 0.1) is 11.6 Å². The van der Waals surface area contributed by atoms with Crippen molar-refractivity contribution >= 4 is 12.2 Å². The molecule has 1 aromatic heterocycles. The highest BCUT2D eigenvalue weighted by molar-refractivity contribution is 7.71. The maximum Gasteiger partial charge on any atom is 0.125 e. The second-order valence-electron chi connectivity index (χ2n) is 1.98. The van der Waals surface area contributed by atoms with Crippen molar-refractivity contribution in [3.63, 3.8) is 0 Å². The van der Waals surface area contributed by atoms with Gasteiger partial charge in [0.25, 0.3) is 0 Å². The summed E-state index contributed by atoms with van der Waals surface area (Å²) < 4.78 is 0.589. The number of rotatable bonds is 1. The van der Waals surface area contributed by atoms with Crippen LogP contribution < -0.4 is 0 Å². The van der Waals surface area contributed by atoms with Crippen LogP contribution in [-0.4, -0.2) is 15.1 Å². The molecule has 4 heteroatoms. The molecule has 0 aliphatic carbocycles. The van der Waals surface area contributed by atoms with E-state index in [0.29, 0.717) is 10.3 Å². The highest BCUT2D eigenvalue weighted by atomic mass is 32.1. The van der Waals surface area contributed by atoms with Crippen molar-refractivity contribution < 1.29 is 5.11 Å². The standard InChI is InChI=1S/C6H8N2OS/c1-4-6(10)8-5(3-9)2-7-4/h2,9H,3H2,1H3,(H,8,10). The molecule has 1 rings (SSSR count). The maximum absolute atomic E-state index is 8.64. The maximum atomic E-state index is 8.64. The number of aromatic amines is 1. The molecule has 3 nitrogen and oxygen atoms in total. The second kappa shape index (κ2) is 2.90. The lowest BCUT2D eigenvalue weighted by Crippen LogP contribution is -1.93. The summed E-state index contributed by atoms with van der Waals surface area (Å²) in [7, 11) is 0. The number of nitrogens with one attached hydrogen (secondary N) is 1. The van der Waals surface area contributed by atoms with E-state index >= 15 is 0 Å². The normalized spacial score (nSPS) is 9.80. The van der Waals surface area contributed by atoms with E-state index in [1.54, 1.807) is 6.20 Å². The second-order valence-corrected chi connectivity index (χ2v) is 2.39. The fourth-order valence-corrected chi connectivity index (χ4v) is 0.766. The monoisotopic (exact) mass is 156 g/mol. The van der Waals surface area contributed by atoms with Crippen LogP contribution in [0.4, 0.5) is 0 Å². The van der Waals surface area contributed by atoms with E-state index in [9.17, 15) is 0 Å². The van der Waals surface area contributed by atoms with Crippen LogP contribution in [0.25, 0.3) is 0 Å². The Morgan fingerprint density at radius 1 is 1.80 bits per heavy atom. The third kappa shape index (κ3) is 1.40. The van der Waals surface area contributed by atoms with Gasteiger partial charge in [0.2, 0.25) is 0 Å². The van der Waals surface area contributed by atoms with Gasteiger partial charge in [0, 0.05) is 6.20 Å². The molecule has 0 aromatic carbocycles. The molecule has 0 aliphatic heterocycles. The van der Waals surface area contributed by atoms with Gasteiger partial charge in [0.15, 0.2) is 0 Å². The van der Waals surface area contributed by atoms with Crippen molar-refractivity contribution in [1.29, 1.82) is 0 Å². The zero-order chi connectivity index (χ0) is 7.56. The number of aryl methyl sites for hydroxylation is 1. The summed E-state index contributed by atoms with van der Waals surface area (Å²) in [5.41, 5.74) is 1.43. The highest BCUT2D eigenvalue weighted by Crippen LogP contribution is 1.95. The van der Waals surface area contributed by atoms with Crippen LogP contribution in [0.15, 0.2) is 6.20 Å². The third-order valence-electron chi connectivity index (χ3n) is 1.19. The zero-order valence-electron chi connectivity index (χ0n) is 5.59. The summed E-state index contributed by atoms with van der Waals surface area (Å²) in [5, 5.41) is 8.64. The number of aromatic nitrogens is 2. The fourth-order valence-electron chi connectivity index (χ4n) is 0.582. The van der Waals surface area contributed by atoms with E-state index in [1.807, 2.05) is 6.92 Å².